The quantitative estimate of drug-likeness (QED) is 0.573. The SMILES string of the molecule is CCCCCC(CC)c1ccc(OCC)cc1OC. The molecule has 0 aliphatic rings. The van der Waals surface area contributed by atoms with Crippen LogP contribution in [0.5, 0.6) is 11.5 Å². The summed E-state index contributed by atoms with van der Waals surface area (Å²) < 4.78 is 11.1. The number of unbranched alkanes of at least 4 members (excludes halogenated alkanes) is 2. The third-order valence-corrected chi connectivity index (χ3v) is 3.60. The fourth-order valence-corrected chi connectivity index (χ4v) is 2.51. The molecule has 1 rings (SSSR count). The smallest absolute Gasteiger partial charge is 0.126 e. The van der Waals surface area contributed by atoms with Crippen LogP contribution in [0.4, 0.5) is 0 Å². The van der Waals surface area contributed by atoms with Gasteiger partial charge in [0.05, 0.1) is 13.7 Å². The fourth-order valence-electron chi connectivity index (χ4n) is 2.51. The summed E-state index contributed by atoms with van der Waals surface area (Å²) in [4.78, 5) is 0. The second-order valence-corrected chi connectivity index (χ2v) is 4.94. The van der Waals surface area contributed by atoms with Crippen LogP contribution in [0.25, 0.3) is 0 Å². The minimum atomic E-state index is 0.595. The second kappa shape index (κ2) is 8.84. The summed E-state index contributed by atoms with van der Waals surface area (Å²) in [5.41, 5.74) is 1.32. The Bertz CT molecular complexity index is 360. The van der Waals surface area contributed by atoms with E-state index in [2.05, 4.69) is 26.0 Å². The average molecular weight is 264 g/mol. The first kappa shape index (κ1) is 15.9. The van der Waals surface area contributed by atoms with Gasteiger partial charge < -0.3 is 9.47 Å². The molecular formula is C17H28O2. The van der Waals surface area contributed by atoms with Crippen molar-refractivity contribution in [3.63, 3.8) is 0 Å². The van der Waals surface area contributed by atoms with E-state index in [-0.39, 0.29) is 0 Å². The zero-order valence-corrected chi connectivity index (χ0v) is 12.9. The van der Waals surface area contributed by atoms with Gasteiger partial charge in [0.25, 0.3) is 0 Å². The van der Waals surface area contributed by atoms with Crippen LogP contribution in [-0.4, -0.2) is 13.7 Å². The van der Waals surface area contributed by atoms with Crippen molar-refractivity contribution in [2.75, 3.05) is 13.7 Å². The van der Waals surface area contributed by atoms with Crippen LogP contribution in [-0.2, 0) is 0 Å². The van der Waals surface area contributed by atoms with Gasteiger partial charge in [-0.05, 0) is 37.3 Å². The highest BCUT2D eigenvalue weighted by Gasteiger charge is 2.15. The molecule has 0 bridgehead atoms. The Morgan fingerprint density at radius 2 is 1.89 bits per heavy atom. The van der Waals surface area contributed by atoms with Gasteiger partial charge in [-0.15, -0.1) is 0 Å². The summed E-state index contributed by atoms with van der Waals surface area (Å²) in [6.07, 6.45) is 6.29. The van der Waals surface area contributed by atoms with Gasteiger partial charge in [-0.2, -0.15) is 0 Å². The van der Waals surface area contributed by atoms with E-state index in [0.717, 1.165) is 17.9 Å². The summed E-state index contributed by atoms with van der Waals surface area (Å²) in [6.45, 7) is 7.20. The Labute approximate surface area is 118 Å². The molecule has 1 aromatic carbocycles. The molecule has 2 heteroatoms. The predicted molar refractivity (Wildman–Crippen MR) is 81.3 cm³/mol. The van der Waals surface area contributed by atoms with E-state index in [0.29, 0.717) is 12.5 Å². The highest BCUT2D eigenvalue weighted by Crippen LogP contribution is 2.35. The molecule has 0 spiro atoms. The van der Waals surface area contributed by atoms with E-state index >= 15 is 0 Å². The minimum absolute atomic E-state index is 0.595. The molecule has 0 heterocycles. The molecule has 1 unspecified atom stereocenters. The predicted octanol–water partition coefficient (Wildman–Crippen LogP) is 5.17. The summed E-state index contributed by atoms with van der Waals surface area (Å²) in [6, 6.07) is 6.25. The Morgan fingerprint density at radius 1 is 1.11 bits per heavy atom. The standard InChI is InChI=1S/C17H28O2/c1-5-8-9-10-14(6-2)16-12-11-15(19-7-3)13-17(16)18-4/h11-14H,5-10H2,1-4H3. The van der Waals surface area contributed by atoms with Crippen molar-refractivity contribution in [1.29, 1.82) is 0 Å². The zero-order valence-electron chi connectivity index (χ0n) is 12.9. The van der Waals surface area contributed by atoms with Gasteiger partial charge in [0.15, 0.2) is 0 Å². The number of rotatable bonds is 9. The Hall–Kier alpha value is -1.18. The lowest BCUT2D eigenvalue weighted by atomic mass is 9.90. The van der Waals surface area contributed by atoms with Gasteiger partial charge in [-0.25, -0.2) is 0 Å². The highest BCUT2D eigenvalue weighted by molar-refractivity contribution is 5.42. The van der Waals surface area contributed by atoms with Crippen molar-refractivity contribution in [3.05, 3.63) is 23.8 Å². The van der Waals surface area contributed by atoms with Crippen molar-refractivity contribution in [3.8, 4) is 11.5 Å². The van der Waals surface area contributed by atoms with Crippen molar-refractivity contribution >= 4 is 0 Å². The van der Waals surface area contributed by atoms with E-state index in [4.69, 9.17) is 9.47 Å². The molecule has 0 saturated heterocycles. The first-order valence-corrected chi connectivity index (χ1v) is 7.57. The molecule has 0 saturated carbocycles. The lowest BCUT2D eigenvalue weighted by molar-refractivity contribution is 0.335. The number of methoxy groups -OCH3 is 1. The van der Waals surface area contributed by atoms with Crippen LogP contribution in [0.15, 0.2) is 18.2 Å². The van der Waals surface area contributed by atoms with E-state index in [1.807, 2.05) is 13.0 Å². The van der Waals surface area contributed by atoms with Crippen LogP contribution in [0.1, 0.15) is 64.4 Å². The average Bonchev–Trinajstić information content (AvgIpc) is 2.44. The Kier molecular flexibility index (Phi) is 7.39. The molecule has 0 radical (unpaired) electrons. The maximum atomic E-state index is 5.54. The van der Waals surface area contributed by atoms with Crippen LogP contribution >= 0.6 is 0 Å². The van der Waals surface area contributed by atoms with E-state index in [9.17, 15) is 0 Å². The molecular weight excluding hydrogens is 236 g/mol. The van der Waals surface area contributed by atoms with Crippen LogP contribution in [0, 0.1) is 0 Å². The molecule has 0 aliphatic carbocycles. The molecule has 1 atom stereocenters. The largest absolute Gasteiger partial charge is 0.496 e. The van der Waals surface area contributed by atoms with Crippen LogP contribution in [0.3, 0.4) is 0 Å². The molecule has 0 fully saturated rings. The number of hydrogen-bond donors (Lipinski definition) is 0. The number of benzene rings is 1. The third-order valence-electron chi connectivity index (χ3n) is 3.60. The van der Waals surface area contributed by atoms with E-state index in [1.165, 1.54) is 31.2 Å². The summed E-state index contributed by atoms with van der Waals surface area (Å²) >= 11 is 0. The van der Waals surface area contributed by atoms with Gasteiger partial charge in [0.2, 0.25) is 0 Å². The molecule has 0 amide bonds. The van der Waals surface area contributed by atoms with E-state index < -0.39 is 0 Å². The summed E-state index contributed by atoms with van der Waals surface area (Å²) in [5, 5.41) is 0. The second-order valence-electron chi connectivity index (χ2n) is 4.94. The van der Waals surface area contributed by atoms with Crippen molar-refractivity contribution < 1.29 is 9.47 Å². The molecule has 2 nitrogen and oxygen atoms in total. The van der Waals surface area contributed by atoms with Gasteiger partial charge in [-0.1, -0.05) is 39.2 Å². The third kappa shape index (κ3) is 4.77. The maximum Gasteiger partial charge on any atom is 0.126 e. The first-order chi connectivity index (χ1) is 9.26. The molecule has 1 aromatic rings. The first-order valence-electron chi connectivity index (χ1n) is 7.57. The van der Waals surface area contributed by atoms with Gasteiger partial charge in [0, 0.05) is 6.07 Å². The molecule has 0 aromatic heterocycles. The number of hydrogen-bond acceptors (Lipinski definition) is 2. The van der Waals surface area contributed by atoms with E-state index in [1.54, 1.807) is 7.11 Å². The van der Waals surface area contributed by atoms with Crippen LogP contribution < -0.4 is 9.47 Å². The molecule has 0 aliphatic heterocycles. The molecule has 0 N–H and O–H groups in total. The summed E-state index contributed by atoms with van der Waals surface area (Å²) in [7, 11) is 1.74. The van der Waals surface area contributed by atoms with Crippen LogP contribution in [0.2, 0.25) is 0 Å². The lowest BCUT2D eigenvalue weighted by Crippen LogP contribution is -2.02. The van der Waals surface area contributed by atoms with Gasteiger partial charge in [-0.3, -0.25) is 0 Å². The zero-order chi connectivity index (χ0) is 14.1. The monoisotopic (exact) mass is 264 g/mol. The van der Waals surface area contributed by atoms with Crippen molar-refractivity contribution in [2.45, 2.75) is 58.8 Å². The fraction of sp³-hybridized carbons (Fsp3) is 0.647. The maximum absolute atomic E-state index is 5.54. The normalized spacial score (nSPS) is 12.2. The van der Waals surface area contributed by atoms with Crippen molar-refractivity contribution in [2.24, 2.45) is 0 Å². The Morgan fingerprint density at radius 3 is 2.47 bits per heavy atom. The highest BCUT2D eigenvalue weighted by atomic mass is 16.5. The van der Waals surface area contributed by atoms with Gasteiger partial charge >= 0.3 is 0 Å². The van der Waals surface area contributed by atoms with Crippen molar-refractivity contribution in [1.82, 2.24) is 0 Å². The van der Waals surface area contributed by atoms with Gasteiger partial charge in [0.1, 0.15) is 11.5 Å². The summed E-state index contributed by atoms with van der Waals surface area (Å²) in [5.74, 6) is 2.46. The molecule has 19 heavy (non-hydrogen) atoms. The Balaban J connectivity index is 2.83. The lowest BCUT2D eigenvalue weighted by Gasteiger charge is -2.19. The molecule has 108 valence electrons. The minimum Gasteiger partial charge on any atom is -0.496 e. The number of ether oxygens (including phenoxy) is 2. The topological polar surface area (TPSA) is 18.5 Å².